The number of carboxylic acid groups (broad SMARTS) is 1. The highest BCUT2D eigenvalue weighted by Gasteiger charge is 2.25. The van der Waals surface area contributed by atoms with Crippen molar-refractivity contribution in [3.05, 3.63) is 71.3 Å². The van der Waals surface area contributed by atoms with E-state index in [2.05, 4.69) is 4.98 Å². The van der Waals surface area contributed by atoms with Crippen LogP contribution >= 0.6 is 0 Å². The summed E-state index contributed by atoms with van der Waals surface area (Å²) in [6.07, 6.45) is -1.20. The number of aliphatic carboxylic acids is 1. The van der Waals surface area contributed by atoms with E-state index < -0.39 is 35.5 Å². The summed E-state index contributed by atoms with van der Waals surface area (Å²) >= 11 is 0. The Morgan fingerprint density at radius 3 is 2.45 bits per heavy atom. The van der Waals surface area contributed by atoms with Gasteiger partial charge in [-0.2, -0.15) is 4.98 Å². The van der Waals surface area contributed by atoms with Crippen LogP contribution in [0.1, 0.15) is 31.4 Å². The summed E-state index contributed by atoms with van der Waals surface area (Å²) in [7, 11) is 0. The number of aromatic nitrogens is 1. The molecule has 0 radical (unpaired) electrons. The molecule has 3 N–H and O–H groups in total. The maximum Gasteiger partial charge on any atom is 0.344 e. The molecule has 33 heavy (non-hydrogen) atoms. The van der Waals surface area contributed by atoms with Crippen LogP contribution in [-0.2, 0) is 11.3 Å². The number of nitrogens with zero attached hydrogens (tertiary/aromatic N) is 1. The first-order chi connectivity index (χ1) is 15.7. The lowest BCUT2D eigenvalue weighted by Gasteiger charge is -2.17. The summed E-state index contributed by atoms with van der Waals surface area (Å²) in [4.78, 5) is 15.2. The molecular weight excluding hydrogens is 430 g/mol. The van der Waals surface area contributed by atoms with Gasteiger partial charge in [-0.25, -0.2) is 13.6 Å². The number of halogens is 2. The lowest BCUT2D eigenvalue weighted by Crippen LogP contribution is -2.29. The van der Waals surface area contributed by atoms with Crippen LogP contribution in [0.25, 0.3) is 11.1 Å². The second-order valence-corrected chi connectivity index (χ2v) is 8.18. The van der Waals surface area contributed by atoms with Crippen molar-refractivity contribution in [3.8, 4) is 28.6 Å². The van der Waals surface area contributed by atoms with Crippen LogP contribution in [0.3, 0.4) is 0 Å². The number of nitrogens with two attached hydrogens (primary N) is 1. The van der Waals surface area contributed by atoms with E-state index in [1.54, 1.807) is 26.0 Å². The number of carbonyl (C=O) groups is 1. The van der Waals surface area contributed by atoms with E-state index in [9.17, 15) is 18.7 Å². The Morgan fingerprint density at radius 1 is 1.06 bits per heavy atom. The third kappa shape index (κ3) is 6.26. The van der Waals surface area contributed by atoms with Gasteiger partial charge in [-0.05, 0) is 59.7 Å². The SMILES string of the molecule is Cc1cc(Oc2nc(O[C@H](CC(C)C)C(=O)O)c(F)cc2F)cc(-c2cccc(CN)c2)c1. The van der Waals surface area contributed by atoms with Gasteiger partial charge in [-0.15, -0.1) is 0 Å². The molecule has 174 valence electrons. The van der Waals surface area contributed by atoms with E-state index in [0.717, 1.165) is 22.3 Å². The first kappa shape index (κ1) is 24.1. The molecular formula is C25H26F2N2O4. The molecule has 1 atom stereocenters. The van der Waals surface area contributed by atoms with Gasteiger partial charge in [0.05, 0.1) is 0 Å². The van der Waals surface area contributed by atoms with Gasteiger partial charge in [0.2, 0.25) is 0 Å². The third-order valence-electron chi connectivity index (χ3n) is 4.84. The highest BCUT2D eigenvalue weighted by molar-refractivity contribution is 5.72. The lowest BCUT2D eigenvalue weighted by atomic mass is 10.0. The quantitative estimate of drug-likeness (QED) is 0.444. The fourth-order valence-electron chi connectivity index (χ4n) is 3.31. The number of carboxylic acids is 1. The van der Waals surface area contributed by atoms with Gasteiger partial charge in [0, 0.05) is 12.6 Å². The van der Waals surface area contributed by atoms with Crippen molar-refractivity contribution >= 4 is 5.97 Å². The maximum atomic E-state index is 14.4. The summed E-state index contributed by atoms with van der Waals surface area (Å²) in [5.74, 6) is -4.31. The Bertz CT molecular complexity index is 1150. The average Bonchev–Trinajstić information content (AvgIpc) is 2.75. The van der Waals surface area contributed by atoms with E-state index in [0.29, 0.717) is 12.6 Å². The summed E-state index contributed by atoms with van der Waals surface area (Å²) in [6, 6.07) is 13.6. The first-order valence-corrected chi connectivity index (χ1v) is 10.5. The van der Waals surface area contributed by atoms with Crippen molar-refractivity contribution in [3.63, 3.8) is 0 Å². The fourth-order valence-corrected chi connectivity index (χ4v) is 3.31. The van der Waals surface area contributed by atoms with Gasteiger partial charge in [-0.1, -0.05) is 38.1 Å². The molecule has 0 saturated heterocycles. The second-order valence-electron chi connectivity index (χ2n) is 8.18. The van der Waals surface area contributed by atoms with Crippen LogP contribution in [0.5, 0.6) is 17.5 Å². The first-order valence-electron chi connectivity index (χ1n) is 10.5. The van der Waals surface area contributed by atoms with Gasteiger partial charge < -0.3 is 20.3 Å². The molecule has 0 aliphatic rings. The van der Waals surface area contributed by atoms with Crippen molar-refractivity contribution < 1.29 is 28.2 Å². The Balaban J connectivity index is 1.92. The molecule has 0 spiro atoms. The summed E-state index contributed by atoms with van der Waals surface area (Å²) in [6.45, 7) is 5.86. The van der Waals surface area contributed by atoms with E-state index in [-0.39, 0.29) is 18.1 Å². The van der Waals surface area contributed by atoms with Crippen molar-refractivity contribution in [1.82, 2.24) is 4.98 Å². The maximum absolute atomic E-state index is 14.4. The molecule has 0 amide bonds. The number of hydrogen-bond donors (Lipinski definition) is 2. The van der Waals surface area contributed by atoms with E-state index in [1.807, 2.05) is 37.3 Å². The molecule has 1 aromatic heterocycles. The highest BCUT2D eigenvalue weighted by atomic mass is 19.1. The number of rotatable bonds is 9. The van der Waals surface area contributed by atoms with Crippen LogP contribution in [0.4, 0.5) is 8.78 Å². The predicted molar refractivity (Wildman–Crippen MR) is 120 cm³/mol. The molecule has 0 saturated carbocycles. The van der Waals surface area contributed by atoms with Crippen LogP contribution in [-0.4, -0.2) is 22.2 Å². The van der Waals surface area contributed by atoms with Gasteiger partial charge in [-0.3, -0.25) is 0 Å². The van der Waals surface area contributed by atoms with E-state index in [4.69, 9.17) is 15.2 Å². The zero-order chi connectivity index (χ0) is 24.1. The Hall–Kier alpha value is -3.52. The Kier molecular flexibility index (Phi) is 7.60. The molecule has 1 heterocycles. The molecule has 0 unspecified atom stereocenters. The summed E-state index contributed by atoms with van der Waals surface area (Å²) < 4.78 is 39.6. The molecule has 0 bridgehead atoms. The molecule has 0 aliphatic carbocycles. The molecule has 8 heteroatoms. The number of pyridine rings is 1. The number of benzene rings is 2. The van der Waals surface area contributed by atoms with Gasteiger partial charge in [0.25, 0.3) is 11.8 Å². The monoisotopic (exact) mass is 456 g/mol. The highest BCUT2D eigenvalue weighted by Crippen LogP contribution is 2.32. The van der Waals surface area contributed by atoms with Crippen molar-refractivity contribution in [2.24, 2.45) is 11.7 Å². The Morgan fingerprint density at radius 2 is 1.79 bits per heavy atom. The van der Waals surface area contributed by atoms with Gasteiger partial charge in [0.1, 0.15) is 5.75 Å². The average molecular weight is 456 g/mol. The molecule has 6 nitrogen and oxygen atoms in total. The molecule has 3 aromatic rings. The number of aryl methyl sites for hydroxylation is 1. The zero-order valence-electron chi connectivity index (χ0n) is 18.6. The number of hydrogen-bond acceptors (Lipinski definition) is 5. The van der Waals surface area contributed by atoms with Crippen molar-refractivity contribution in [2.45, 2.75) is 39.8 Å². The van der Waals surface area contributed by atoms with Crippen LogP contribution < -0.4 is 15.2 Å². The topological polar surface area (TPSA) is 94.7 Å². The molecule has 0 aliphatic heterocycles. The minimum absolute atomic E-state index is 0.0196. The van der Waals surface area contributed by atoms with Crippen LogP contribution in [0.2, 0.25) is 0 Å². The largest absolute Gasteiger partial charge is 0.479 e. The lowest BCUT2D eigenvalue weighted by molar-refractivity contribution is -0.146. The van der Waals surface area contributed by atoms with E-state index >= 15 is 0 Å². The summed E-state index contributed by atoms with van der Waals surface area (Å²) in [5.41, 5.74) is 9.26. The van der Waals surface area contributed by atoms with Crippen molar-refractivity contribution in [1.29, 1.82) is 0 Å². The van der Waals surface area contributed by atoms with Crippen LogP contribution in [0.15, 0.2) is 48.5 Å². The molecule has 0 fully saturated rings. The molecule has 2 aromatic carbocycles. The number of ether oxygens (including phenoxy) is 2. The minimum Gasteiger partial charge on any atom is -0.479 e. The van der Waals surface area contributed by atoms with Gasteiger partial charge in [0.15, 0.2) is 17.7 Å². The minimum atomic E-state index is -1.33. The fraction of sp³-hybridized carbons (Fsp3) is 0.280. The molecule has 3 rings (SSSR count). The summed E-state index contributed by atoms with van der Waals surface area (Å²) in [5, 5.41) is 9.35. The second kappa shape index (κ2) is 10.4. The normalized spacial score (nSPS) is 12.0. The third-order valence-corrected chi connectivity index (χ3v) is 4.84. The van der Waals surface area contributed by atoms with E-state index in [1.165, 1.54) is 0 Å². The van der Waals surface area contributed by atoms with Crippen molar-refractivity contribution in [2.75, 3.05) is 0 Å². The zero-order valence-corrected chi connectivity index (χ0v) is 18.6. The Labute approximate surface area is 191 Å². The van der Waals surface area contributed by atoms with Crippen LogP contribution in [0, 0.1) is 24.5 Å². The van der Waals surface area contributed by atoms with Gasteiger partial charge >= 0.3 is 5.97 Å². The predicted octanol–water partition coefficient (Wildman–Crippen LogP) is 5.46. The smallest absolute Gasteiger partial charge is 0.344 e. The standard InChI is InChI=1S/C25H26F2N2O4/c1-14(2)7-22(25(30)31)33-24-21(27)12-20(26)23(29-24)32-19-9-15(3)8-18(11-19)17-6-4-5-16(10-17)13-28/h4-6,8-12,14,22H,7,13,28H2,1-3H3,(H,30,31)/t22-/m1/s1.